The van der Waals surface area contributed by atoms with Crippen molar-refractivity contribution in [3.8, 4) is 0 Å². The number of rotatable bonds is 5. The Kier molecular flexibility index (Phi) is 9.47. The largest absolute Gasteiger partial charge is 0.401 e. The fourth-order valence-corrected chi connectivity index (χ4v) is 2.01. The number of methoxy groups -OCH3 is 1. The quantitative estimate of drug-likeness (QED) is 0.308. The molecule has 1 rings (SSSR count). The molecule has 1 aliphatic rings. The van der Waals surface area contributed by atoms with Gasteiger partial charge in [0.2, 0.25) is 0 Å². The van der Waals surface area contributed by atoms with Gasteiger partial charge in [0.15, 0.2) is 5.96 Å². The molecule has 0 aromatic heterocycles. The van der Waals surface area contributed by atoms with Crippen LogP contribution in [0.4, 0.5) is 13.2 Å². The summed E-state index contributed by atoms with van der Waals surface area (Å²) in [7, 11) is 3.23. The molecule has 1 unspecified atom stereocenters. The van der Waals surface area contributed by atoms with Crippen molar-refractivity contribution >= 4 is 29.9 Å². The van der Waals surface area contributed by atoms with Crippen molar-refractivity contribution < 1.29 is 17.9 Å². The van der Waals surface area contributed by atoms with E-state index >= 15 is 0 Å². The molecule has 0 aromatic rings. The second-order valence-electron chi connectivity index (χ2n) is 4.47. The van der Waals surface area contributed by atoms with Crippen molar-refractivity contribution in [1.82, 2.24) is 15.5 Å². The summed E-state index contributed by atoms with van der Waals surface area (Å²) in [6, 6.07) is -0.00362. The highest BCUT2D eigenvalue weighted by Crippen LogP contribution is 2.19. The molecule has 0 aromatic carbocycles. The molecule has 1 aliphatic heterocycles. The van der Waals surface area contributed by atoms with Gasteiger partial charge in [-0.3, -0.25) is 9.89 Å². The number of ether oxygens (including phenoxy) is 1. The smallest absolute Gasteiger partial charge is 0.383 e. The van der Waals surface area contributed by atoms with Crippen molar-refractivity contribution in [2.24, 2.45) is 4.99 Å². The first-order chi connectivity index (χ1) is 8.94. The first-order valence-corrected chi connectivity index (χ1v) is 6.20. The zero-order valence-electron chi connectivity index (χ0n) is 11.7. The second kappa shape index (κ2) is 9.61. The van der Waals surface area contributed by atoms with E-state index in [-0.39, 0.29) is 30.0 Å². The predicted octanol–water partition coefficient (Wildman–Crippen LogP) is 1.05. The Balaban J connectivity index is 0.00000361. The molecule has 1 fully saturated rings. The van der Waals surface area contributed by atoms with E-state index in [0.29, 0.717) is 38.6 Å². The molecule has 0 spiro atoms. The van der Waals surface area contributed by atoms with E-state index in [2.05, 4.69) is 15.6 Å². The average Bonchev–Trinajstić information content (AvgIpc) is 2.73. The van der Waals surface area contributed by atoms with E-state index in [1.807, 2.05) is 0 Å². The van der Waals surface area contributed by atoms with E-state index in [9.17, 15) is 13.2 Å². The van der Waals surface area contributed by atoms with E-state index in [0.717, 1.165) is 0 Å². The van der Waals surface area contributed by atoms with Gasteiger partial charge in [-0.05, 0) is 6.42 Å². The lowest BCUT2D eigenvalue weighted by molar-refractivity contribution is -0.143. The molecule has 1 saturated heterocycles. The number of hydrogen-bond donors (Lipinski definition) is 2. The summed E-state index contributed by atoms with van der Waals surface area (Å²) >= 11 is 0. The molecule has 0 bridgehead atoms. The Bertz CT molecular complexity index is 302. The number of nitrogens with zero attached hydrogens (tertiary/aromatic N) is 2. The van der Waals surface area contributed by atoms with Crippen molar-refractivity contribution in [2.45, 2.75) is 18.6 Å². The van der Waals surface area contributed by atoms with Crippen molar-refractivity contribution in [3.63, 3.8) is 0 Å². The number of likely N-dealkylation sites (tertiary alicyclic amines) is 1. The first-order valence-electron chi connectivity index (χ1n) is 6.20. The monoisotopic (exact) mass is 410 g/mol. The van der Waals surface area contributed by atoms with Crippen LogP contribution in [-0.4, -0.2) is 70.0 Å². The highest BCUT2D eigenvalue weighted by molar-refractivity contribution is 14.0. The molecule has 0 radical (unpaired) electrons. The lowest BCUT2D eigenvalue weighted by atomic mass is 10.3. The number of aliphatic imine (C=N–C) groups is 1. The molecule has 1 atom stereocenters. The van der Waals surface area contributed by atoms with E-state index < -0.39 is 12.7 Å². The van der Waals surface area contributed by atoms with Gasteiger partial charge < -0.3 is 15.4 Å². The maximum absolute atomic E-state index is 12.3. The van der Waals surface area contributed by atoms with Crippen molar-refractivity contribution in [1.29, 1.82) is 0 Å². The molecule has 1 heterocycles. The molecule has 9 heteroatoms. The van der Waals surface area contributed by atoms with Gasteiger partial charge in [-0.25, -0.2) is 0 Å². The van der Waals surface area contributed by atoms with Crippen LogP contribution in [0.3, 0.4) is 0 Å². The third kappa shape index (κ3) is 8.10. The van der Waals surface area contributed by atoms with Crippen LogP contribution < -0.4 is 10.6 Å². The number of nitrogens with one attached hydrogen (secondary N) is 2. The Morgan fingerprint density at radius 3 is 2.70 bits per heavy atom. The van der Waals surface area contributed by atoms with Crippen LogP contribution in [0.15, 0.2) is 4.99 Å². The van der Waals surface area contributed by atoms with Crippen LogP contribution in [0.5, 0.6) is 0 Å². The molecule has 0 aliphatic carbocycles. The minimum atomic E-state index is -4.13. The molecule has 0 saturated carbocycles. The molecular formula is C11H22F3IN4O. The Labute approximate surface area is 134 Å². The van der Waals surface area contributed by atoms with Crippen LogP contribution in [0.1, 0.15) is 6.42 Å². The summed E-state index contributed by atoms with van der Waals surface area (Å²) in [4.78, 5) is 5.42. The predicted molar refractivity (Wildman–Crippen MR) is 82.7 cm³/mol. The topological polar surface area (TPSA) is 48.9 Å². The van der Waals surface area contributed by atoms with Crippen molar-refractivity contribution in [3.05, 3.63) is 0 Å². The van der Waals surface area contributed by atoms with E-state index in [1.54, 1.807) is 14.2 Å². The van der Waals surface area contributed by atoms with Crippen LogP contribution in [-0.2, 0) is 4.74 Å². The fraction of sp³-hybridized carbons (Fsp3) is 0.909. The van der Waals surface area contributed by atoms with Gasteiger partial charge in [0, 0.05) is 39.8 Å². The van der Waals surface area contributed by atoms with E-state index in [1.165, 1.54) is 4.90 Å². The highest BCUT2D eigenvalue weighted by atomic mass is 127. The van der Waals surface area contributed by atoms with Crippen LogP contribution in [0.25, 0.3) is 0 Å². The first kappa shape index (κ1) is 19.7. The zero-order valence-corrected chi connectivity index (χ0v) is 14.0. The maximum atomic E-state index is 12.3. The fourth-order valence-electron chi connectivity index (χ4n) is 2.01. The number of alkyl halides is 3. The third-order valence-corrected chi connectivity index (χ3v) is 2.84. The number of guanidine groups is 1. The number of hydrogen-bond acceptors (Lipinski definition) is 3. The van der Waals surface area contributed by atoms with Crippen LogP contribution >= 0.6 is 24.0 Å². The number of halogens is 4. The molecule has 2 N–H and O–H groups in total. The van der Waals surface area contributed by atoms with Gasteiger partial charge in [0.1, 0.15) is 0 Å². The normalized spacial score (nSPS) is 20.6. The van der Waals surface area contributed by atoms with Crippen LogP contribution in [0.2, 0.25) is 0 Å². The van der Waals surface area contributed by atoms with Gasteiger partial charge in [-0.15, -0.1) is 24.0 Å². The summed E-state index contributed by atoms with van der Waals surface area (Å²) in [5, 5.41) is 6.15. The Hall–Kier alpha value is -0.290. The van der Waals surface area contributed by atoms with Gasteiger partial charge in [-0.1, -0.05) is 0 Å². The summed E-state index contributed by atoms with van der Waals surface area (Å²) in [6.07, 6.45) is -3.45. The highest BCUT2D eigenvalue weighted by Gasteiger charge is 2.34. The molecule has 120 valence electrons. The lowest BCUT2D eigenvalue weighted by Crippen LogP contribution is -2.45. The maximum Gasteiger partial charge on any atom is 0.401 e. The summed E-state index contributed by atoms with van der Waals surface area (Å²) in [5.41, 5.74) is 0. The molecule has 0 amide bonds. The van der Waals surface area contributed by atoms with Crippen LogP contribution in [0, 0.1) is 0 Å². The standard InChI is InChI=1S/C11H21F3N4O.HI/c1-15-10(16-4-6-19-2)17-9-3-5-18(7-9)8-11(12,13)14;/h9H,3-8H2,1-2H3,(H2,15,16,17);1H. The summed E-state index contributed by atoms with van der Waals surface area (Å²) < 4.78 is 41.7. The van der Waals surface area contributed by atoms with Gasteiger partial charge in [-0.2, -0.15) is 13.2 Å². The Morgan fingerprint density at radius 1 is 1.45 bits per heavy atom. The van der Waals surface area contributed by atoms with Gasteiger partial charge >= 0.3 is 6.18 Å². The summed E-state index contributed by atoms with van der Waals surface area (Å²) in [6.45, 7) is 1.14. The van der Waals surface area contributed by atoms with Crippen molar-refractivity contribution in [2.75, 3.05) is 46.9 Å². The second-order valence-corrected chi connectivity index (χ2v) is 4.47. The summed E-state index contributed by atoms with van der Waals surface area (Å²) in [5.74, 6) is 0.593. The minimum Gasteiger partial charge on any atom is -0.383 e. The van der Waals surface area contributed by atoms with Gasteiger partial charge in [0.25, 0.3) is 0 Å². The SMILES string of the molecule is CN=C(NCCOC)NC1CCN(CC(F)(F)F)C1.I. The average molecular weight is 410 g/mol. The van der Waals surface area contributed by atoms with E-state index in [4.69, 9.17) is 4.74 Å². The molecular weight excluding hydrogens is 388 g/mol. The molecule has 5 nitrogen and oxygen atoms in total. The minimum absolute atomic E-state index is 0. The molecule has 20 heavy (non-hydrogen) atoms. The third-order valence-electron chi connectivity index (χ3n) is 2.84. The Morgan fingerprint density at radius 2 is 2.15 bits per heavy atom. The zero-order chi connectivity index (χ0) is 14.3. The lowest BCUT2D eigenvalue weighted by Gasteiger charge is -2.19. The van der Waals surface area contributed by atoms with Gasteiger partial charge in [0.05, 0.1) is 13.2 Å².